The highest BCUT2D eigenvalue weighted by atomic mass is 16.5. The first-order chi connectivity index (χ1) is 17.7. The fraction of sp³-hybridized carbons (Fsp3) is 0.182. The number of hydrogen-bond donors (Lipinski definition) is 1. The lowest BCUT2D eigenvalue weighted by atomic mass is 9.76. The van der Waals surface area contributed by atoms with Crippen LogP contribution in [-0.4, -0.2) is 12.8 Å². The minimum Gasteiger partial charge on any atom is -0.480 e. The Hall–Kier alpha value is -4.29. The number of fused-ring (bicyclic) bond motifs is 4. The number of anilines is 1. The zero-order valence-electron chi connectivity index (χ0n) is 20.3. The largest absolute Gasteiger partial charge is 0.480 e. The van der Waals surface area contributed by atoms with Crippen LogP contribution >= 0.6 is 0 Å². The molecule has 0 aromatic heterocycles. The molecule has 0 saturated carbocycles. The molecule has 0 spiro atoms. The van der Waals surface area contributed by atoms with E-state index in [9.17, 15) is 0 Å². The number of terminal acetylenes is 1. The Kier molecular flexibility index (Phi) is 5.79. The van der Waals surface area contributed by atoms with Gasteiger partial charge in [-0.2, -0.15) is 0 Å². The average Bonchev–Trinajstić information content (AvgIpc) is 3.41. The molecule has 0 saturated heterocycles. The first-order valence-corrected chi connectivity index (χ1v) is 12.5. The minimum atomic E-state index is 0.224. The second-order valence-corrected chi connectivity index (χ2v) is 9.61. The third-order valence-electron chi connectivity index (χ3n) is 7.35. The van der Waals surface area contributed by atoms with Crippen LogP contribution in [0.2, 0.25) is 0 Å². The number of allylic oxidation sites excluding steroid dienone is 2. The van der Waals surface area contributed by atoms with Crippen LogP contribution in [0.3, 0.4) is 0 Å². The number of aliphatic imine (C=N–C) groups is 1. The Bertz CT molecular complexity index is 1520. The molecular formula is C33H28N2O. The van der Waals surface area contributed by atoms with Crippen LogP contribution in [0, 0.1) is 25.2 Å². The second kappa shape index (κ2) is 9.40. The zero-order chi connectivity index (χ0) is 24.5. The van der Waals surface area contributed by atoms with Crippen molar-refractivity contribution >= 4 is 28.4 Å². The maximum absolute atomic E-state index is 5.82. The van der Waals surface area contributed by atoms with E-state index < -0.39 is 0 Å². The van der Waals surface area contributed by atoms with E-state index in [2.05, 4.69) is 91.0 Å². The van der Waals surface area contributed by atoms with Gasteiger partial charge in [0.15, 0.2) is 0 Å². The van der Waals surface area contributed by atoms with E-state index in [0.29, 0.717) is 11.8 Å². The van der Waals surface area contributed by atoms with Crippen molar-refractivity contribution in [3.8, 4) is 18.1 Å². The third kappa shape index (κ3) is 4.06. The van der Waals surface area contributed by atoms with Gasteiger partial charge in [0, 0.05) is 23.4 Å². The molecule has 1 N–H and O–H groups in total. The number of nitrogens with one attached hydrogen (secondary N) is 1. The molecule has 0 radical (unpaired) electrons. The van der Waals surface area contributed by atoms with Gasteiger partial charge in [0.25, 0.3) is 0 Å². The molecule has 0 bridgehead atoms. The summed E-state index contributed by atoms with van der Waals surface area (Å²) in [7, 11) is 0. The van der Waals surface area contributed by atoms with Crippen LogP contribution in [0.4, 0.5) is 11.4 Å². The van der Waals surface area contributed by atoms with Crippen molar-refractivity contribution in [1.29, 1.82) is 0 Å². The van der Waals surface area contributed by atoms with Crippen LogP contribution in [0.15, 0.2) is 96.0 Å². The van der Waals surface area contributed by atoms with Crippen LogP contribution in [0.5, 0.6) is 5.75 Å². The molecule has 0 fully saturated rings. The summed E-state index contributed by atoms with van der Waals surface area (Å²) in [5.74, 6) is 4.29. The Balaban J connectivity index is 1.28. The fourth-order valence-electron chi connectivity index (χ4n) is 5.60. The summed E-state index contributed by atoms with van der Waals surface area (Å²) in [4.78, 5) is 4.80. The van der Waals surface area contributed by atoms with Crippen molar-refractivity contribution in [2.45, 2.75) is 25.3 Å². The van der Waals surface area contributed by atoms with Gasteiger partial charge in [-0.1, -0.05) is 78.2 Å². The summed E-state index contributed by atoms with van der Waals surface area (Å²) >= 11 is 0. The SMILES string of the molecule is C#CCOc1ccc2ccccc2c1C=Nc1ccc([C@@H]2Nc3ccc(C)cc3[C@H]3C=CC[C@H]32)cc1. The minimum absolute atomic E-state index is 0.224. The van der Waals surface area contributed by atoms with E-state index in [1.54, 1.807) is 0 Å². The molecule has 0 unspecified atom stereocenters. The van der Waals surface area contributed by atoms with Gasteiger partial charge in [-0.15, -0.1) is 6.42 Å². The van der Waals surface area contributed by atoms with Crippen molar-refractivity contribution in [2.75, 3.05) is 11.9 Å². The monoisotopic (exact) mass is 468 g/mol. The number of ether oxygens (including phenoxy) is 1. The maximum Gasteiger partial charge on any atom is 0.148 e. The zero-order valence-corrected chi connectivity index (χ0v) is 20.3. The molecule has 4 aromatic rings. The van der Waals surface area contributed by atoms with Gasteiger partial charge in [0.1, 0.15) is 12.4 Å². The van der Waals surface area contributed by atoms with E-state index in [-0.39, 0.29) is 12.6 Å². The summed E-state index contributed by atoms with van der Waals surface area (Å²) in [5, 5.41) is 6.06. The number of nitrogens with zero attached hydrogens (tertiary/aromatic N) is 1. The normalized spacial score (nSPS) is 20.1. The summed E-state index contributed by atoms with van der Waals surface area (Å²) in [6.45, 7) is 2.39. The maximum atomic E-state index is 5.82. The first-order valence-electron chi connectivity index (χ1n) is 12.5. The van der Waals surface area contributed by atoms with Crippen molar-refractivity contribution in [1.82, 2.24) is 0 Å². The molecule has 6 rings (SSSR count). The predicted molar refractivity (Wildman–Crippen MR) is 150 cm³/mol. The van der Waals surface area contributed by atoms with Gasteiger partial charge in [0.05, 0.1) is 11.7 Å². The van der Waals surface area contributed by atoms with E-state index in [0.717, 1.165) is 34.2 Å². The van der Waals surface area contributed by atoms with Crippen LogP contribution in [-0.2, 0) is 0 Å². The van der Waals surface area contributed by atoms with Gasteiger partial charge in [-0.25, -0.2) is 0 Å². The molecule has 1 aliphatic heterocycles. The summed E-state index contributed by atoms with van der Waals surface area (Å²) in [5.41, 5.74) is 7.12. The molecule has 3 nitrogen and oxygen atoms in total. The lowest BCUT2D eigenvalue weighted by Crippen LogP contribution is -2.29. The fourth-order valence-corrected chi connectivity index (χ4v) is 5.60. The molecule has 176 valence electrons. The Morgan fingerprint density at radius 3 is 2.78 bits per heavy atom. The quantitative estimate of drug-likeness (QED) is 0.185. The van der Waals surface area contributed by atoms with E-state index in [1.165, 1.54) is 22.4 Å². The number of benzene rings is 4. The Labute approximate surface area is 212 Å². The highest BCUT2D eigenvalue weighted by Crippen LogP contribution is 2.50. The van der Waals surface area contributed by atoms with Crippen molar-refractivity contribution in [3.63, 3.8) is 0 Å². The Morgan fingerprint density at radius 1 is 1.06 bits per heavy atom. The molecule has 3 heteroatoms. The molecule has 4 aromatic carbocycles. The van der Waals surface area contributed by atoms with Crippen LogP contribution in [0.1, 0.15) is 40.6 Å². The molecule has 1 aliphatic carbocycles. The van der Waals surface area contributed by atoms with E-state index in [4.69, 9.17) is 16.2 Å². The van der Waals surface area contributed by atoms with Gasteiger partial charge in [-0.3, -0.25) is 4.99 Å². The highest BCUT2D eigenvalue weighted by Gasteiger charge is 2.37. The third-order valence-corrected chi connectivity index (χ3v) is 7.35. The summed E-state index contributed by atoms with van der Waals surface area (Å²) in [6.07, 6.45) is 13.1. The van der Waals surface area contributed by atoms with Gasteiger partial charge < -0.3 is 10.1 Å². The topological polar surface area (TPSA) is 33.6 Å². The average molecular weight is 469 g/mol. The Morgan fingerprint density at radius 2 is 1.92 bits per heavy atom. The molecule has 36 heavy (non-hydrogen) atoms. The molecule has 3 atom stereocenters. The predicted octanol–water partition coefficient (Wildman–Crippen LogP) is 7.74. The summed E-state index contributed by atoms with van der Waals surface area (Å²) in [6, 6.07) is 27.9. The van der Waals surface area contributed by atoms with Gasteiger partial charge >= 0.3 is 0 Å². The smallest absolute Gasteiger partial charge is 0.148 e. The number of aryl methyl sites for hydroxylation is 1. The van der Waals surface area contributed by atoms with Gasteiger partial charge in [0.2, 0.25) is 0 Å². The number of rotatable bonds is 5. The highest BCUT2D eigenvalue weighted by molar-refractivity contribution is 6.03. The lowest BCUT2D eigenvalue weighted by Gasteiger charge is -2.37. The van der Waals surface area contributed by atoms with Crippen LogP contribution in [0.25, 0.3) is 10.8 Å². The van der Waals surface area contributed by atoms with Gasteiger partial charge in [-0.05, 0) is 65.4 Å². The van der Waals surface area contributed by atoms with Crippen molar-refractivity contribution < 1.29 is 4.74 Å². The number of hydrogen-bond acceptors (Lipinski definition) is 3. The molecule has 2 aliphatic rings. The first kappa shape index (κ1) is 22.2. The molecule has 0 amide bonds. The van der Waals surface area contributed by atoms with E-state index in [1.807, 2.05) is 24.4 Å². The molecular weight excluding hydrogens is 440 g/mol. The van der Waals surface area contributed by atoms with E-state index >= 15 is 0 Å². The summed E-state index contributed by atoms with van der Waals surface area (Å²) < 4.78 is 5.82. The van der Waals surface area contributed by atoms with Crippen molar-refractivity contribution in [2.24, 2.45) is 10.9 Å². The van der Waals surface area contributed by atoms with Crippen molar-refractivity contribution in [3.05, 3.63) is 113 Å². The second-order valence-electron chi connectivity index (χ2n) is 9.61. The van der Waals surface area contributed by atoms with Crippen LogP contribution < -0.4 is 10.1 Å². The lowest BCUT2D eigenvalue weighted by molar-refractivity contribution is 0.370. The standard InChI is InChI=1S/C33H28N2O/c1-3-19-36-32-18-14-23-7-4-5-8-26(23)30(32)21-34-25-15-12-24(13-16-25)33-28-10-6-9-27(28)29-20-22(2)11-17-31(29)35-33/h1,4-9,11-18,20-21,27-28,33,35H,10,19H2,2H3/t27-,28+,33-/m0/s1. The molecule has 1 heterocycles.